The number of rotatable bonds is 7. The number of anilines is 1. The van der Waals surface area contributed by atoms with Gasteiger partial charge in [-0.2, -0.15) is 18.4 Å². The molecule has 2 aromatic carbocycles. The predicted molar refractivity (Wildman–Crippen MR) is 95.1 cm³/mol. The maximum absolute atomic E-state index is 12.7. The molecule has 146 valence electrons. The number of amides is 1. The number of halogens is 3. The molecule has 0 N–H and O–H groups in total. The maximum Gasteiger partial charge on any atom is 0.416 e. The lowest BCUT2D eigenvalue weighted by Crippen LogP contribution is -2.35. The van der Waals surface area contributed by atoms with Gasteiger partial charge in [-0.25, -0.2) is 0 Å². The van der Waals surface area contributed by atoms with Crippen LogP contribution in [0.4, 0.5) is 18.9 Å². The molecule has 0 spiro atoms. The van der Waals surface area contributed by atoms with Gasteiger partial charge in [0.15, 0.2) is 6.61 Å². The van der Waals surface area contributed by atoms with Crippen molar-refractivity contribution in [3.63, 3.8) is 0 Å². The van der Waals surface area contributed by atoms with Gasteiger partial charge in [-0.05, 0) is 23.8 Å². The van der Waals surface area contributed by atoms with Gasteiger partial charge in [-0.3, -0.25) is 9.59 Å². The van der Waals surface area contributed by atoms with Crippen LogP contribution in [0.15, 0.2) is 54.6 Å². The molecule has 0 fully saturated rings. The van der Waals surface area contributed by atoms with Gasteiger partial charge >= 0.3 is 12.1 Å². The molecule has 8 heteroatoms. The van der Waals surface area contributed by atoms with E-state index in [0.29, 0.717) is 5.69 Å². The van der Waals surface area contributed by atoms with Crippen LogP contribution in [0.3, 0.4) is 0 Å². The van der Waals surface area contributed by atoms with Crippen LogP contribution in [0.25, 0.3) is 0 Å². The van der Waals surface area contributed by atoms with Crippen molar-refractivity contribution in [2.45, 2.75) is 19.0 Å². The number of carbonyl (C=O) groups excluding carboxylic acids is 2. The zero-order chi connectivity index (χ0) is 20.6. The predicted octanol–water partition coefficient (Wildman–Crippen LogP) is 3.74. The molecule has 0 unspecified atom stereocenters. The molecular weight excluding hydrogens is 373 g/mol. The Labute approximate surface area is 159 Å². The molecule has 0 atom stereocenters. The summed E-state index contributed by atoms with van der Waals surface area (Å²) in [7, 11) is 0. The molecule has 0 saturated heterocycles. The van der Waals surface area contributed by atoms with E-state index in [0.717, 1.165) is 12.1 Å². The maximum atomic E-state index is 12.7. The smallest absolute Gasteiger partial charge is 0.416 e. The SMILES string of the molecule is N#CCCN(C(=O)COC(=O)Cc1cccc(C(F)(F)F)c1)c1ccccc1. The number of benzene rings is 2. The van der Waals surface area contributed by atoms with Crippen LogP contribution >= 0.6 is 0 Å². The summed E-state index contributed by atoms with van der Waals surface area (Å²) in [5.41, 5.74) is -0.172. The van der Waals surface area contributed by atoms with Crippen LogP contribution in [-0.2, 0) is 26.9 Å². The van der Waals surface area contributed by atoms with Gasteiger partial charge in [0.2, 0.25) is 0 Å². The zero-order valence-corrected chi connectivity index (χ0v) is 14.8. The van der Waals surface area contributed by atoms with E-state index >= 15 is 0 Å². The first-order valence-electron chi connectivity index (χ1n) is 8.35. The fourth-order valence-corrected chi connectivity index (χ4v) is 2.46. The van der Waals surface area contributed by atoms with Gasteiger partial charge in [0.05, 0.1) is 24.5 Å². The average Bonchev–Trinajstić information content (AvgIpc) is 2.67. The van der Waals surface area contributed by atoms with Crippen LogP contribution in [0.1, 0.15) is 17.5 Å². The summed E-state index contributed by atoms with van der Waals surface area (Å²) in [6.07, 6.45) is -4.80. The number of hydrogen-bond donors (Lipinski definition) is 0. The fourth-order valence-electron chi connectivity index (χ4n) is 2.46. The third-order valence-electron chi connectivity index (χ3n) is 3.78. The summed E-state index contributed by atoms with van der Waals surface area (Å²) < 4.78 is 43.1. The van der Waals surface area contributed by atoms with E-state index in [1.807, 2.05) is 6.07 Å². The van der Waals surface area contributed by atoms with Crippen LogP contribution < -0.4 is 4.90 Å². The summed E-state index contributed by atoms with van der Waals surface area (Å²) in [6, 6.07) is 14.9. The van der Waals surface area contributed by atoms with Crippen molar-refractivity contribution in [3.8, 4) is 6.07 Å². The Hall–Kier alpha value is -3.34. The molecule has 0 saturated carbocycles. The summed E-state index contributed by atoms with van der Waals surface area (Å²) in [6.45, 7) is -0.442. The lowest BCUT2D eigenvalue weighted by atomic mass is 10.1. The van der Waals surface area contributed by atoms with Gasteiger partial charge in [-0.15, -0.1) is 0 Å². The highest BCUT2D eigenvalue weighted by molar-refractivity contribution is 5.95. The van der Waals surface area contributed by atoms with Gasteiger partial charge in [0, 0.05) is 12.2 Å². The van der Waals surface area contributed by atoms with E-state index in [-0.39, 0.29) is 24.9 Å². The highest BCUT2D eigenvalue weighted by Gasteiger charge is 2.30. The number of esters is 1. The van der Waals surface area contributed by atoms with Crippen molar-refractivity contribution < 1.29 is 27.5 Å². The molecular formula is C20H17F3N2O3. The normalized spacial score (nSPS) is 10.8. The third-order valence-corrected chi connectivity index (χ3v) is 3.78. The first-order valence-corrected chi connectivity index (χ1v) is 8.35. The van der Waals surface area contributed by atoms with Crippen molar-refractivity contribution in [3.05, 3.63) is 65.7 Å². The summed E-state index contributed by atoms with van der Waals surface area (Å²) in [5, 5.41) is 8.75. The van der Waals surface area contributed by atoms with Crippen LogP contribution in [0, 0.1) is 11.3 Å². The molecule has 28 heavy (non-hydrogen) atoms. The topological polar surface area (TPSA) is 70.4 Å². The Morgan fingerprint density at radius 2 is 1.79 bits per heavy atom. The first kappa shape index (κ1) is 21.0. The molecule has 0 bridgehead atoms. The van der Waals surface area contributed by atoms with Crippen molar-refractivity contribution in [1.82, 2.24) is 0 Å². The number of nitriles is 1. The van der Waals surface area contributed by atoms with E-state index < -0.39 is 30.2 Å². The number of para-hydroxylation sites is 1. The van der Waals surface area contributed by atoms with Crippen LogP contribution in [0.5, 0.6) is 0 Å². The second-order valence-corrected chi connectivity index (χ2v) is 5.82. The lowest BCUT2D eigenvalue weighted by molar-refractivity contribution is -0.147. The number of hydrogen-bond acceptors (Lipinski definition) is 4. The molecule has 0 heterocycles. The molecule has 5 nitrogen and oxygen atoms in total. The highest BCUT2D eigenvalue weighted by Crippen LogP contribution is 2.29. The fraction of sp³-hybridized carbons (Fsp3) is 0.250. The summed E-state index contributed by atoms with van der Waals surface area (Å²) >= 11 is 0. The zero-order valence-electron chi connectivity index (χ0n) is 14.8. The minimum atomic E-state index is -4.51. The Morgan fingerprint density at radius 3 is 2.43 bits per heavy atom. The Kier molecular flexibility index (Phi) is 7.15. The van der Waals surface area contributed by atoms with Crippen molar-refractivity contribution in [2.75, 3.05) is 18.1 Å². The summed E-state index contributed by atoms with van der Waals surface area (Å²) in [4.78, 5) is 25.6. The molecule has 0 radical (unpaired) electrons. The third kappa shape index (κ3) is 6.13. The van der Waals surface area contributed by atoms with Gasteiger partial charge in [0.25, 0.3) is 5.91 Å². The number of carbonyl (C=O) groups is 2. The largest absolute Gasteiger partial charge is 0.455 e. The molecule has 0 aliphatic heterocycles. The monoisotopic (exact) mass is 390 g/mol. The van der Waals surface area contributed by atoms with E-state index in [2.05, 4.69) is 0 Å². The molecule has 0 aromatic heterocycles. The minimum absolute atomic E-state index is 0.0960. The Bertz CT molecular complexity index is 861. The van der Waals surface area contributed by atoms with E-state index in [4.69, 9.17) is 10.00 Å². The minimum Gasteiger partial charge on any atom is -0.455 e. The van der Waals surface area contributed by atoms with Crippen LogP contribution in [-0.4, -0.2) is 25.0 Å². The Balaban J connectivity index is 1.97. The molecule has 2 rings (SSSR count). The van der Waals surface area contributed by atoms with E-state index in [9.17, 15) is 22.8 Å². The standard InChI is InChI=1S/C20H17F3N2O3/c21-20(22,23)16-7-4-6-15(12-16)13-19(27)28-14-18(26)25(11-5-10-24)17-8-2-1-3-9-17/h1-4,6-9,12H,5,11,13-14H2. The average molecular weight is 390 g/mol. The molecule has 0 aliphatic rings. The number of nitrogens with zero attached hydrogens (tertiary/aromatic N) is 2. The lowest BCUT2D eigenvalue weighted by Gasteiger charge is -2.21. The van der Waals surface area contributed by atoms with Gasteiger partial charge in [0.1, 0.15) is 0 Å². The number of ether oxygens (including phenoxy) is 1. The quantitative estimate of drug-likeness (QED) is 0.676. The molecule has 0 aliphatic carbocycles. The second kappa shape index (κ2) is 9.55. The van der Waals surface area contributed by atoms with Crippen molar-refractivity contribution >= 4 is 17.6 Å². The molecule has 1 amide bonds. The second-order valence-electron chi connectivity index (χ2n) is 5.82. The van der Waals surface area contributed by atoms with Crippen molar-refractivity contribution in [2.24, 2.45) is 0 Å². The highest BCUT2D eigenvalue weighted by atomic mass is 19.4. The number of alkyl halides is 3. The Morgan fingerprint density at radius 1 is 1.07 bits per heavy atom. The van der Waals surface area contributed by atoms with Gasteiger partial charge < -0.3 is 9.64 Å². The summed E-state index contributed by atoms with van der Waals surface area (Å²) in [5.74, 6) is -1.35. The van der Waals surface area contributed by atoms with Gasteiger partial charge in [-0.1, -0.05) is 36.4 Å². The van der Waals surface area contributed by atoms with E-state index in [1.54, 1.807) is 30.3 Å². The van der Waals surface area contributed by atoms with E-state index in [1.165, 1.54) is 17.0 Å². The molecule has 2 aromatic rings. The van der Waals surface area contributed by atoms with Crippen molar-refractivity contribution in [1.29, 1.82) is 5.26 Å². The van der Waals surface area contributed by atoms with Crippen LogP contribution in [0.2, 0.25) is 0 Å². The first-order chi connectivity index (χ1) is 13.3.